The van der Waals surface area contributed by atoms with Crippen LogP contribution in [-0.2, 0) is 11.2 Å². The van der Waals surface area contributed by atoms with Crippen molar-refractivity contribution in [3.05, 3.63) is 47.0 Å². The number of allylic oxidation sites excluding steroid dienone is 2. The molecule has 92 valence electrons. The molecule has 0 saturated carbocycles. The number of benzene rings is 1. The third-order valence-electron chi connectivity index (χ3n) is 4.34. The van der Waals surface area contributed by atoms with Crippen LogP contribution < -0.4 is 0 Å². The predicted octanol–water partition coefficient (Wildman–Crippen LogP) is 3.11. The standard InChI is InChI=1S/C16H16O2/c1-11(17)13-7-9-16(10-13)8-6-12-4-2-3-5-14(12)15(16)18/h2-5,7H,6,8-10H2,1H3. The molecule has 2 aliphatic rings. The van der Waals surface area contributed by atoms with Gasteiger partial charge < -0.3 is 0 Å². The number of carbonyl (C=O) groups excluding carboxylic acids is 2. The minimum absolute atomic E-state index is 0.110. The molecule has 1 atom stereocenters. The summed E-state index contributed by atoms with van der Waals surface area (Å²) in [5, 5.41) is 0. The lowest BCUT2D eigenvalue weighted by Crippen LogP contribution is -2.34. The van der Waals surface area contributed by atoms with Crippen LogP contribution in [0.4, 0.5) is 0 Å². The first kappa shape index (κ1) is 11.4. The summed E-state index contributed by atoms with van der Waals surface area (Å²) in [4.78, 5) is 24.1. The zero-order valence-electron chi connectivity index (χ0n) is 10.5. The Morgan fingerprint density at radius 1 is 1.28 bits per heavy atom. The Morgan fingerprint density at radius 2 is 2.06 bits per heavy atom. The minimum atomic E-state index is -0.324. The van der Waals surface area contributed by atoms with Crippen LogP contribution in [0.15, 0.2) is 35.9 Å². The van der Waals surface area contributed by atoms with Crippen molar-refractivity contribution in [3.8, 4) is 0 Å². The average Bonchev–Trinajstić information content (AvgIpc) is 2.80. The van der Waals surface area contributed by atoms with Gasteiger partial charge in [-0.3, -0.25) is 9.59 Å². The van der Waals surface area contributed by atoms with Crippen LogP contribution in [0.25, 0.3) is 0 Å². The van der Waals surface area contributed by atoms with Crippen molar-refractivity contribution < 1.29 is 9.59 Å². The van der Waals surface area contributed by atoms with Crippen LogP contribution in [0.2, 0.25) is 0 Å². The Labute approximate surface area is 107 Å². The first-order chi connectivity index (χ1) is 8.62. The Balaban J connectivity index is 1.95. The van der Waals surface area contributed by atoms with E-state index < -0.39 is 0 Å². The second-order valence-electron chi connectivity index (χ2n) is 5.43. The van der Waals surface area contributed by atoms with Gasteiger partial charge in [-0.05, 0) is 43.7 Å². The number of Topliss-reactive ketones (excluding diaryl/α,β-unsaturated/α-hetero) is 2. The highest BCUT2D eigenvalue weighted by molar-refractivity contribution is 6.05. The fourth-order valence-electron chi connectivity index (χ4n) is 3.19. The van der Waals surface area contributed by atoms with E-state index in [4.69, 9.17) is 0 Å². The number of hydrogen-bond donors (Lipinski definition) is 0. The van der Waals surface area contributed by atoms with Crippen LogP contribution in [0.5, 0.6) is 0 Å². The summed E-state index contributed by atoms with van der Waals surface area (Å²) in [6, 6.07) is 7.86. The first-order valence-electron chi connectivity index (χ1n) is 6.45. The van der Waals surface area contributed by atoms with E-state index in [0.717, 1.165) is 36.0 Å². The van der Waals surface area contributed by atoms with Gasteiger partial charge in [0.15, 0.2) is 11.6 Å². The van der Waals surface area contributed by atoms with Gasteiger partial charge in [0.2, 0.25) is 0 Å². The van der Waals surface area contributed by atoms with Gasteiger partial charge in [0.1, 0.15) is 0 Å². The smallest absolute Gasteiger partial charge is 0.169 e. The molecule has 0 fully saturated rings. The van der Waals surface area contributed by atoms with E-state index in [1.807, 2.05) is 30.3 Å². The molecule has 0 heterocycles. The van der Waals surface area contributed by atoms with Crippen molar-refractivity contribution >= 4 is 11.6 Å². The maximum Gasteiger partial charge on any atom is 0.169 e. The largest absolute Gasteiger partial charge is 0.295 e. The van der Waals surface area contributed by atoms with E-state index in [-0.39, 0.29) is 17.0 Å². The van der Waals surface area contributed by atoms with Crippen molar-refractivity contribution in [2.75, 3.05) is 0 Å². The monoisotopic (exact) mass is 240 g/mol. The van der Waals surface area contributed by atoms with Crippen LogP contribution in [-0.4, -0.2) is 11.6 Å². The van der Waals surface area contributed by atoms with Gasteiger partial charge in [-0.1, -0.05) is 30.3 Å². The lowest BCUT2D eigenvalue weighted by Gasteiger charge is -2.33. The Kier molecular flexibility index (Phi) is 2.47. The van der Waals surface area contributed by atoms with Gasteiger partial charge in [-0.25, -0.2) is 0 Å². The number of ketones is 2. The van der Waals surface area contributed by atoms with E-state index >= 15 is 0 Å². The van der Waals surface area contributed by atoms with Gasteiger partial charge in [0.25, 0.3) is 0 Å². The van der Waals surface area contributed by atoms with Crippen LogP contribution >= 0.6 is 0 Å². The van der Waals surface area contributed by atoms with Crippen molar-refractivity contribution in [1.29, 1.82) is 0 Å². The van der Waals surface area contributed by atoms with Crippen molar-refractivity contribution in [1.82, 2.24) is 0 Å². The van der Waals surface area contributed by atoms with Crippen LogP contribution in [0, 0.1) is 5.41 Å². The summed E-state index contributed by atoms with van der Waals surface area (Å²) in [7, 11) is 0. The van der Waals surface area contributed by atoms with Crippen LogP contribution in [0.1, 0.15) is 42.1 Å². The zero-order valence-corrected chi connectivity index (χ0v) is 10.5. The fraction of sp³-hybridized carbons (Fsp3) is 0.375. The number of rotatable bonds is 1. The Morgan fingerprint density at radius 3 is 2.78 bits per heavy atom. The summed E-state index contributed by atoms with van der Waals surface area (Å²) in [6.07, 6.45) is 5.15. The van der Waals surface area contributed by atoms with Gasteiger partial charge in [-0.15, -0.1) is 0 Å². The molecule has 1 unspecified atom stereocenters. The summed E-state index contributed by atoms with van der Waals surface area (Å²) in [5.41, 5.74) is 2.53. The molecule has 0 aromatic heterocycles. The van der Waals surface area contributed by atoms with Crippen molar-refractivity contribution in [2.24, 2.45) is 5.41 Å². The third kappa shape index (κ3) is 1.56. The van der Waals surface area contributed by atoms with Crippen molar-refractivity contribution in [2.45, 2.75) is 32.6 Å². The summed E-state index contributed by atoms with van der Waals surface area (Å²) < 4.78 is 0. The number of hydrogen-bond acceptors (Lipinski definition) is 2. The molecule has 2 nitrogen and oxygen atoms in total. The van der Waals surface area contributed by atoms with E-state index in [1.54, 1.807) is 6.92 Å². The molecule has 0 bridgehead atoms. The molecule has 3 rings (SSSR count). The van der Waals surface area contributed by atoms with E-state index in [2.05, 4.69) is 0 Å². The van der Waals surface area contributed by atoms with Crippen molar-refractivity contribution in [3.63, 3.8) is 0 Å². The predicted molar refractivity (Wildman–Crippen MR) is 69.5 cm³/mol. The highest BCUT2D eigenvalue weighted by Crippen LogP contribution is 2.47. The zero-order chi connectivity index (χ0) is 12.8. The summed E-state index contributed by atoms with van der Waals surface area (Å²) in [5.74, 6) is 0.343. The molecule has 2 aliphatic carbocycles. The lowest BCUT2D eigenvalue weighted by atomic mass is 9.68. The maximum absolute atomic E-state index is 12.7. The SMILES string of the molecule is CC(=O)C1=CCC2(CCc3ccccc3C2=O)C1. The first-order valence-corrected chi connectivity index (χ1v) is 6.45. The lowest BCUT2D eigenvalue weighted by molar-refractivity contribution is -0.113. The van der Waals surface area contributed by atoms with Gasteiger partial charge >= 0.3 is 0 Å². The van der Waals surface area contributed by atoms with E-state index in [1.165, 1.54) is 0 Å². The normalized spacial score (nSPS) is 26.1. The molecule has 2 heteroatoms. The Hall–Kier alpha value is -1.70. The third-order valence-corrected chi connectivity index (χ3v) is 4.34. The fourth-order valence-corrected chi connectivity index (χ4v) is 3.19. The van der Waals surface area contributed by atoms with E-state index in [0.29, 0.717) is 6.42 Å². The van der Waals surface area contributed by atoms with Crippen LogP contribution in [0.3, 0.4) is 0 Å². The molecule has 1 aromatic rings. The average molecular weight is 240 g/mol. The molecule has 0 radical (unpaired) electrons. The molecule has 0 saturated heterocycles. The molecule has 0 aliphatic heterocycles. The molecular weight excluding hydrogens is 224 g/mol. The molecule has 1 aromatic carbocycles. The molecule has 18 heavy (non-hydrogen) atoms. The molecular formula is C16H16O2. The van der Waals surface area contributed by atoms with E-state index in [9.17, 15) is 9.59 Å². The maximum atomic E-state index is 12.7. The number of aryl methyl sites for hydroxylation is 1. The highest BCUT2D eigenvalue weighted by atomic mass is 16.1. The minimum Gasteiger partial charge on any atom is -0.295 e. The summed E-state index contributed by atoms with van der Waals surface area (Å²) >= 11 is 0. The second-order valence-corrected chi connectivity index (χ2v) is 5.43. The van der Waals surface area contributed by atoms with Gasteiger partial charge in [0.05, 0.1) is 0 Å². The number of carbonyl (C=O) groups is 2. The highest BCUT2D eigenvalue weighted by Gasteiger charge is 2.45. The van der Waals surface area contributed by atoms with Gasteiger partial charge in [0, 0.05) is 11.0 Å². The molecule has 1 spiro atoms. The topological polar surface area (TPSA) is 34.1 Å². The molecule has 0 N–H and O–H groups in total. The second kappa shape index (κ2) is 3.91. The summed E-state index contributed by atoms with van der Waals surface area (Å²) in [6.45, 7) is 1.59. The quantitative estimate of drug-likeness (QED) is 0.755. The molecule has 0 amide bonds. The Bertz CT molecular complexity index is 568. The number of fused-ring (bicyclic) bond motifs is 1. The van der Waals surface area contributed by atoms with Gasteiger partial charge in [-0.2, -0.15) is 0 Å².